The van der Waals surface area contributed by atoms with Gasteiger partial charge in [0, 0.05) is 27.7 Å². The zero-order valence-corrected chi connectivity index (χ0v) is 21.6. The fourth-order valence-electron chi connectivity index (χ4n) is 6.53. The summed E-state index contributed by atoms with van der Waals surface area (Å²) in [5, 5.41) is 11.2. The lowest BCUT2D eigenvalue weighted by molar-refractivity contribution is 0.669. The zero-order valence-electron chi connectivity index (χ0n) is 21.6. The van der Waals surface area contributed by atoms with E-state index >= 15 is 0 Å². The molecule has 2 aliphatic heterocycles. The van der Waals surface area contributed by atoms with Crippen LogP contribution in [0.15, 0.2) is 138 Å². The SMILES string of the molecule is C1=CN2c3c(c4ccccc4c4cc(-c5ccccc5)ccc34)NC2C=C1c1ccc2oc3ccccc3c2c1. The monoisotopic (exact) mass is 512 g/mol. The van der Waals surface area contributed by atoms with Crippen molar-refractivity contribution in [1.82, 2.24) is 0 Å². The molecule has 6 aromatic carbocycles. The highest BCUT2D eigenvalue weighted by molar-refractivity contribution is 6.22. The van der Waals surface area contributed by atoms with E-state index in [4.69, 9.17) is 4.42 Å². The predicted octanol–water partition coefficient (Wildman–Crippen LogP) is 9.73. The summed E-state index contributed by atoms with van der Waals surface area (Å²) in [4.78, 5) is 2.38. The first-order valence-corrected chi connectivity index (χ1v) is 13.7. The highest BCUT2D eigenvalue weighted by Gasteiger charge is 2.32. The number of para-hydroxylation sites is 1. The molecular formula is C37H24N2O. The topological polar surface area (TPSA) is 28.4 Å². The Balaban J connectivity index is 1.18. The van der Waals surface area contributed by atoms with Crippen LogP contribution in [0.4, 0.5) is 11.4 Å². The molecule has 3 heteroatoms. The van der Waals surface area contributed by atoms with E-state index in [0.717, 1.165) is 21.9 Å². The number of anilines is 2. The van der Waals surface area contributed by atoms with Crippen LogP contribution in [0, 0.1) is 0 Å². The summed E-state index contributed by atoms with van der Waals surface area (Å²) in [7, 11) is 0. The summed E-state index contributed by atoms with van der Waals surface area (Å²) >= 11 is 0. The van der Waals surface area contributed by atoms with Crippen LogP contribution < -0.4 is 10.2 Å². The molecular weight excluding hydrogens is 488 g/mol. The van der Waals surface area contributed by atoms with Gasteiger partial charge in [-0.3, -0.25) is 0 Å². The Morgan fingerprint density at radius 3 is 2.17 bits per heavy atom. The Labute approximate surface area is 231 Å². The second kappa shape index (κ2) is 8.11. The molecule has 7 aromatic rings. The van der Waals surface area contributed by atoms with E-state index in [2.05, 4.69) is 132 Å². The standard InChI is InChI=1S/C37H24N2O/c1-2-8-23(9-3-1)24-14-16-30-31(20-24)27-10-4-5-12-29(27)36-37(30)39-19-18-26(22-35(39)38-36)25-15-17-34-32(21-25)28-11-6-7-13-33(28)40-34/h1-22,35,38H. The van der Waals surface area contributed by atoms with Gasteiger partial charge in [0.25, 0.3) is 0 Å². The molecule has 40 heavy (non-hydrogen) atoms. The first kappa shape index (κ1) is 21.6. The van der Waals surface area contributed by atoms with E-state index in [0.29, 0.717) is 0 Å². The molecule has 0 saturated carbocycles. The van der Waals surface area contributed by atoms with Crippen LogP contribution in [-0.2, 0) is 0 Å². The third-order valence-corrected chi connectivity index (χ3v) is 8.42. The Hall–Kier alpha value is -5.28. The minimum Gasteiger partial charge on any atom is -0.456 e. The molecule has 0 aliphatic carbocycles. The number of benzene rings is 6. The van der Waals surface area contributed by atoms with Crippen molar-refractivity contribution in [2.45, 2.75) is 6.17 Å². The highest BCUT2D eigenvalue weighted by Crippen LogP contribution is 2.49. The minimum atomic E-state index is 0.0367. The molecule has 1 unspecified atom stereocenters. The van der Waals surface area contributed by atoms with E-state index in [1.165, 1.54) is 55.2 Å². The van der Waals surface area contributed by atoms with Crippen molar-refractivity contribution in [3.05, 3.63) is 139 Å². The van der Waals surface area contributed by atoms with Crippen LogP contribution in [0.25, 0.3) is 60.2 Å². The molecule has 0 spiro atoms. The van der Waals surface area contributed by atoms with Crippen molar-refractivity contribution in [2.75, 3.05) is 10.2 Å². The van der Waals surface area contributed by atoms with Crippen LogP contribution in [0.3, 0.4) is 0 Å². The average molecular weight is 513 g/mol. The quantitative estimate of drug-likeness (QED) is 0.234. The smallest absolute Gasteiger partial charge is 0.135 e. The number of rotatable bonds is 2. The van der Waals surface area contributed by atoms with Crippen molar-refractivity contribution < 1.29 is 4.42 Å². The normalized spacial score (nSPS) is 15.9. The number of furan rings is 1. The van der Waals surface area contributed by atoms with E-state index in [1.807, 2.05) is 12.1 Å². The van der Waals surface area contributed by atoms with Gasteiger partial charge in [0.1, 0.15) is 17.3 Å². The molecule has 3 nitrogen and oxygen atoms in total. The van der Waals surface area contributed by atoms with Crippen molar-refractivity contribution in [3.8, 4) is 11.1 Å². The molecule has 0 bridgehead atoms. The fourth-order valence-corrected chi connectivity index (χ4v) is 6.53. The Kier molecular flexibility index (Phi) is 4.39. The molecule has 188 valence electrons. The zero-order chi connectivity index (χ0) is 26.2. The van der Waals surface area contributed by atoms with E-state index in [1.54, 1.807) is 0 Å². The Morgan fingerprint density at radius 2 is 1.27 bits per heavy atom. The molecule has 1 aromatic heterocycles. The summed E-state index contributed by atoms with van der Waals surface area (Å²) in [6.45, 7) is 0. The van der Waals surface area contributed by atoms with Crippen molar-refractivity contribution in [2.24, 2.45) is 0 Å². The average Bonchev–Trinajstić information content (AvgIpc) is 3.59. The molecule has 1 atom stereocenters. The van der Waals surface area contributed by atoms with Gasteiger partial charge in [-0.1, -0.05) is 91.0 Å². The number of nitrogens with one attached hydrogen (secondary N) is 1. The summed E-state index contributed by atoms with van der Waals surface area (Å²) in [5.74, 6) is 0. The van der Waals surface area contributed by atoms with E-state index in [-0.39, 0.29) is 6.17 Å². The van der Waals surface area contributed by atoms with E-state index in [9.17, 15) is 0 Å². The Bertz CT molecular complexity index is 2200. The maximum Gasteiger partial charge on any atom is 0.135 e. The molecule has 2 aliphatic rings. The molecule has 3 heterocycles. The summed E-state index contributed by atoms with van der Waals surface area (Å²) in [5.41, 5.74) is 9.14. The van der Waals surface area contributed by atoms with Gasteiger partial charge in [0.15, 0.2) is 0 Å². The lowest BCUT2D eigenvalue weighted by atomic mass is 9.94. The molecule has 0 fully saturated rings. The van der Waals surface area contributed by atoms with Gasteiger partial charge in [-0.15, -0.1) is 0 Å². The summed E-state index contributed by atoms with van der Waals surface area (Å²) in [6.07, 6.45) is 6.84. The molecule has 1 N–H and O–H groups in total. The van der Waals surface area contributed by atoms with Gasteiger partial charge in [-0.25, -0.2) is 0 Å². The number of hydrogen-bond acceptors (Lipinski definition) is 3. The number of hydrogen-bond donors (Lipinski definition) is 1. The maximum absolute atomic E-state index is 6.07. The van der Waals surface area contributed by atoms with Crippen LogP contribution in [0.5, 0.6) is 0 Å². The summed E-state index contributed by atoms with van der Waals surface area (Å²) in [6, 6.07) is 41.0. The molecule has 9 rings (SSSR count). The number of allylic oxidation sites excluding steroid dienone is 2. The first-order chi connectivity index (χ1) is 19.8. The number of nitrogens with zero attached hydrogens (tertiary/aromatic N) is 1. The van der Waals surface area contributed by atoms with Crippen LogP contribution >= 0.6 is 0 Å². The van der Waals surface area contributed by atoms with Crippen LogP contribution in [-0.4, -0.2) is 6.17 Å². The van der Waals surface area contributed by atoms with Gasteiger partial charge in [0.05, 0.1) is 11.4 Å². The summed E-state index contributed by atoms with van der Waals surface area (Å²) < 4.78 is 6.07. The van der Waals surface area contributed by atoms with Gasteiger partial charge in [-0.05, 0) is 69.5 Å². The van der Waals surface area contributed by atoms with Gasteiger partial charge in [0.2, 0.25) is 0 Å². The number of fused-ring (bicyclic) bond motifs is 11. The molecule has 0 saturated heterocycles. The third kappa shape index (κ3) is 3.06. The van der Waals surface area contributed by atoms with Crippen LogP contribution in [0.1, 0.15) is 5.56 Å². The van der Waals surface area contributed by atoms with Crippen LogP contribution in [0.2, 0.25) is 0 Å². The van der Waals surface area contributed by atoms with Crippen molar-refractivity contribution in [3.63, 3.8) is 0 Å². The Morgan fingerprint density at radius 1 is 0.550 bits per heavy atom. The van der Waals surface area contributed by atoms with Gasteiger partial charge >= 0.3 is 0 Å². The third-order valence-electron chi connectivity index (χ3n) is 8.42. The minimum absolute atomic E-state index is 0.0367. The van der Waals surface area contributed by atoms with E-state index < -0.39 is 0 Å². The van der Waals surface area contributed by atoms with Gasteiger partial charge < -0.3 is 14.6 Å². The lowest BCUT2D eigenvalue weighted by Crippen LogP contribution is -2.31. The maximum atomic E-state index is 6.07. The van der Waals surface area contributed by atoms with Crippen molar-refractivity contribution >= 4 is 60.4 Å². The highest BCUT2D eigenvalue weighted by atomic mass is 16.3. The second-order valence-corrected chi connectivity index (χ2v) is 10.6. The van der Waals surface area contributed by atoms with Gasteiger partial charge in [-0.2, -0.15) is 0 Å². The largest absolute Gasteiger partial charge is 0.456 e. The molecule has 0 radical (unpaired) electrons. The fraction of sp³-hybridized carbons (Fsp3) is 0.0270. The second-order valence-electron chi connectivity index (χ2n) is 10.6. The van der Waals surface area contributed by atoms with Crippen molar-refractivity contribution in [1.29, 1.82) is 0 Å². The predicted molar refractivity (Wildman–Crippen MR) is 168 cm³/mol. The first-order valence-electron chi connectivity index (χ1n) is 13.7. The molecule has 0 amide bonds. The lowest BCUT2D eigenvalue weighted by Gasteiger charge is -2.26.